The first-order valence-corrected chi connectivity index (χ1v) is 4.97. The Labute approximate surface area is 93.5 Å². The van der Waals surface area contributed by atoms with Crippen molar-refractivity contribution in [3.63, 3.8) is 0 Å². The van der Waals surface area contributed by atoms with Gasteiger partial charge in [-0.1, -0.05) is 48.6 Å². The van der Waals surface area contributed by atoms with Crippen molar-refractivity contribution in [2.75, 3.05) is 0 Å². The van der Waals surface area contributed by atoms with Gasteiger partial charge < -0.3 is 5.11 Å². The molecule has 0 amide bonds. The molecule has 2 rings (SSSR count). The summed E-state index contributed by atoms with van der Waals surface area (Å²) in [4.78, 5) is 0. The summed E-state index contributed by atoms with van der Waals surface area (Å²) >= 11 is 0. The van der Waals surface area contributed by atoms with Crippen LogP contribution >= 0.6 is 0 Å². The number of phenols is 1. The molecule has 2 aromatic rings. The summed E-state index contributed by atoms with van der Waals surface area (Å²) in [6.45, 7) is 0. The van der Waals surface area contributed by atoms with Gasteiger partial charge in [0.05, 0.1) is 0 Å². The van der Waals surface area contributed by atoms with E-state index in [1.807, 2.05) is 36.4 Å². The first-order chi connectivity index (χ1) is 7.75. The molecule has 1 nitrogen and oxygen atoms in total. The number of hydrogen-bond donors (Lipinski definition) is 1. The van der Waals surface area contributed by atoms with Crippen LogP contribution in [-0.2, 0) is 0 Å². The maximum Gasteiger partial charge on any atom is 0.165 e. The monoisotopic (exact) mass is 214 g/mol. The van der Waals surface area contributed by atoms with Gasteiger partial charge in [-0.2, -0.15) is 0 Å². The zero-order chi connectivity index (χ0) is 11.4. The van der Waals surface area contributed by atoms with E-state index in [9.17, 15) is 4.39 Å². The third kappa shape index (κ3) is 2.48. The Hall–Kier alpha value is -2.09. The fourth-order valence-corrected chi connectivity index (χ4v) is 1.38. The molecule has 0 radical (unpaired) electrons. The molecule has 2 aromatic carbocycles. The highest BCUT2D eigenvalue weighted by atomic mass is 19.1. The Morgan fingerprint density at radius 3 is 2.25 bits per heavy atom. The highest BCUT2D eigenvalue weighted by molar-refractivity contribution is 5.69. The maximum absolute atomic E-state index is 13.0. The van der Waals surface area contributed by atoms with Crippen LogP contribution in [0.3, 0.4) is 0 Å². The van der Waals surface area contributed by atoms with Gasteiger partial charge in [0.1, 0.15) is 0 Å². The van der Waals surface area contributed by atoms with Crippen LogP contribution in [0.1, 0.15) is 11.1 Å². The van der Waals surface area contributed by atoms with Crippen molar-refractivity contribution in [2.45, 2.75) is 0 Å². The molecule has 0 saturated heterocycles. The molecule has 0 aliphatic rings. The molecule has 0 fully saturated rings. The van der Waals surface area contributed by atoms with E-state index in [2.05, 4.69) is 0 Å². The highest BCUT2D eigenvalue weighted by Gasteiger charge is 1.98. The molecule has 0 aromatic heterocycles. The minimum atomic E-state index is -0.602. The van der Waals surface area contributed by atoms with Crippen molar-refractivity contribution in [3.8, 4) is 5.75 Å². The minimum absolute atomic E-state index is 0.322. The van der Waals surface area contributed by atoms with E-state index >= 15 is 0 Å². The largest absolute Gasteiger partial charge is 0.505 e. The molecule has 0 aliphatic heterocycles. The van der Waals surface area contributed by atoms with Gasteiger partial charge in [-0.25, -0.2) is 4.39 Å². The Morgan fingerprint density at radius 1 is 0.875 bits per heavy atom. The van der Waals surface area contributed by atoms with Crippen LogP contribution in [0.15, 0.2) is 48.5 Å². The van der Waals surface area contributed by atoms with Gasteiger partial charge in [0, 0.05) is 0 Å². The van der Waals surface area contributed by atoms with Crippen LogP contribution in [-0.4, -0.2) is 5.11 Å². The lowest BCUT2D eigenvalue weighted by molar-refractivity contribution is 0.432. The first-order valence-electron chi connectivity index (χ1n) is 4.97. The summed E-state index contributed by atoms with van der Waals surface area (Å²) in [5.74, 6) is -0.924. The van der Waals surface area contributed by atoms with Gasteiger partial charge in [-0.3, -0.25) is 0 Å². The van der Waals surface area contributed by atoms with Crippen molar-refractivity contribution in [3.05, 3.63) is 65.5 Å². The molecule has 0 saturated carbocycles. The van der Waals surface area contributed by atoms with Gasteiger partial charge >= 0.3 is 0 Å². The Kier molecular flexibility index (Phi) is 3.01. The second-order valence-corrected chi connectivity index (χ2v) is 3.45. The van der Waals surface area contributed by atoms with Gasteiger partial charge in [-0.15, -0.1) is 0 Å². The second kappa shape index (κ2) is 4.62. The Bertz CT molecular complexity index is 503. The summed E-state index contributed by atoms with van der Waals surface area (Å²) in [6.07, 6.45) is 3.70. The smallest absolute Gasteiger partial charge is 0.165 e. The third-order valence-corrected chi connectivity index (χ3v) is 2.24. The quantitative estimate of drug-likeness (QED) is 0.756. The fourth-order valence-electron chi connectivity index (χ4n) is 1.38. The summed E-state index contributed by atoms with van der Waals surface area (Å²) in [5.41, 5.74) is 1.77. The molecule has 1 N–H and O–H groups in total. The second-order valence-electron chi connectivity index (χ2n) is 3.45. The molecule has 0 unspecified atom stereocenters. The van der Waals surface area contributed by atoms with Crippen LogP contribution in [0.25, 0.3) is 12.2 Å². The van der Waals surface area contributed by atoms with Crippen LogP contribution < -0.4 is 0 Å². The predicted molar refractivity (Wildman–Crippen MR) is 63.4 cm³/mol. The van der Waals surface area contributed by atoms with E-state index in [4.69, 9.17) is 5.11 Å². The maximum atomic E-state index is 13.0. The summed E-state index contributed by atoms with van der Waals surface area (Å²) in [7, 11) is 0. The van der Waals surface area contributed by atoms with E-state index in [0.717, 1.165) is 11.1 Å². The van der Waals surface area contributed by atoms with Crippen LogP contribution in [0.4, 0.5) is 4.39 Å². The van der Waals surface area contributed by atoms with Gasteiger partial charge in [-0.05, 0) is 23.3 Å². The van der Waals surface area contributed by atoms with E-state index in [-0.39, 0.29) is 5.75 Å². The molecule has 0 aliphatic carbocycles. The third-order valence-electron chi connectivity index (χ3n) is 2.24. The molecule has 16 heavy (non-hydrogen) atoms. The van der Waals surface area contributed by atoms with Gasteiger partial charge in [0.2, 0.25) is 0 Å². The number of halogens is 1. The molecule has 0 atom stereocenters. The average molecular weight is 214 g/mol. The van der Waals surface area contributed by atoms with Crippen LogP contribution in [0.5, 0.6) is 5.75 Å². The number of benzene rings is 2. The topological polar surface area (TPSA) is 20.2 Å². The minimum Gasteiger partial charge on any atom is -0.505 e. The molecular weight excluding hydrogens is 203 g/mol. The fraction of sp³-hybridized carbons (Fsp3) is 0. The lowest BCUT2D eigenvalue weighted by Crippen LogP contribution is -1.78. The van der Waals surface area contributed by atoms with E-state index in [1.54, 1.807) is 12.1 Å². The van der Waals surface area contributed by atoms with Crippen LogP contribution in [0, 0.1) is 5.82 Å². The molecule has 0 spiro atoms. The van der Waals surface area contributed by atoms with E-state index < -0.39 is 5.82 Å². The first kappa shape index (κ1) is 10.4. The van der Waals surface area contributed by atoms with E-state index in [1.165, 1.54) is 12.1 Å². The van der Waals surface area contributed by atoms with Crippen molar-refractivity contribution >= 4 is 12.2 Å². The van der Waals surface area contributed by atoms with Gasteiger partial charge in [0.25, 0.3) is 0 Å². The average Bonchev–Trinajstić information content (AvgIpc) is 2.32. The number of rotatable bonds is 2. The molecule has 0 bridgehead atoms. The van der Waals surface area contributed by atoms with Crippen molar-refractivity contribution in [1.29, 1.82) is 0 Å². The van der Waals surface area contributed by atoms with Crippen molar-refractivity contribution < 1.29 is 9.50 Å². The number of phenolic OH excluding ortho intramolecular Hbond substituents is 1. The standard InChI is InChI=1S/C14H11FO/c15-13-10-12(8-9-14(13)16)7-6-11-4-2-1-3-5-11/h1-10,16H/b7-6+. The SMILES string of the molecule is Oc1ccc(/C=C/c2ccccc2)cc1F. The molecule has 2 heteroatoms. The lowest BCUT2D eigenvalue weighted by Gasteiger charge is -1.97. The Balaban J connectivity index is 2.21. The zero-order valence-corrected chi connectivity index (χ0v) is 8.60. The van der Waals surface area contributed by atoms with Gasteiger partial charge in [0.15, 0.2) is 11.6 Å². The summed E-state index contributed by atoms with van der Waals surface area (Å²) < 4.78 is 13.0. The Morgan fingerprint density at radius 2 is 1.56 bits per heavy atom. The zero-order valence-electron chi connectivity index (χ0n) is 8.60. The van der Waals surface area contributed by atoms with Crippen molar-refractivity contribution in [1.82, 2.24) is 0 Å². The summed E-state index contributed by atoms with van der Waals surface area (Å²) in [5, 5.41) is 9.03. The lowest BCUT2D eigenvalue weighted by atomic mass is 10.1. The predicted octanol–water partition coefficient (Wildman–Crippen LogP) is 3.70. The molecule has 0 heterocycles. The highest BCUT2D eigenvalue weighted by Crippen LogP contribution is 2.17. The van der Waals surface area contributed by atoms with Crippen molar-refractivity contribution in [2.24, 2.45) is 0 Å². The number of aromatic hydroxyl groups is 1. The summed E-state index contributed by atoms with van der Waals surface area (Å²) in [6, 6.07) is 14.1. The molecule has 80 valence electrons. The number of hydrogen-bond acceptors (Lipinski definition) is 1. The normalized spacial score (nSPS) is 10.8. The molecular formula is C14H11FO. The van der Waals surface area contributed by atoms with Crippen LogP contribution in [0.2, 0.25) is 0 Å². The van der Waals surface area contributed by atoms with E-state index in [0.29, 0.717) is 0 Å².